The topological polar surface area (TPSA) is 46.6 Å². The maximum Gasteiger partial charge on any atom is 0.326 e. The molecule has 0 radical (unpaired) electrons. The minimum atomic E-state index is -0.436. The van der Waals surface area contributed by atoms with Gasteiger partial charge < -0.3 is 4.74 Å². The van der Waals surface area contributed by atoms with Crippen LogP contribution in [0.15, 0.2) is 29.2 Å². The van der Waals surface area contributed by atoms with Gasteiger partial charge in [-0.1, -0.05) is 75.9 Å². The van der Waals surface area contributed by atoms with E-state index in [-0.39, 0.29) is 17.9 Å². The summed E-state index contributed by atoms with van der Waals surface area (Å²) in [6.45, 7) is 8.61. The fourth-order valence-corrected chi connectivity index (χ4v) is 3.51. The van der Waals surface area contributed by atoms with Gasteiger partial charge in [-0.3, -0.25) is 14.5 Å². The minimum absolute atomic E-state index is 0.0841. The van der Waals surface area contributed by atoms with Crippen molar-refractivity contribution in [2.75, 3.05) is 13.2 Å². The summed E-state index contributed by atoms with van der Waals surface area (Å²) in [4.78, 5) is 26.1. The molecule has 6 heteroatoms. The molecule has 1 amide bonds. The highest BCUT2D eigenvalue weighted by atomic mass is 32.2. The molecular weight excluding hydrogens is 354 g/mol. The molecule has 1 aromatic rings. The van der Waals surface area contributed by atoms with E-state index in [0.29, 0.717) is 15.8 Å². The number of nitrogens with zero attached hydrogens (tertiary/aromatic N) is 1. The molecule has 25 heavy (non-hydrogen) atoms. The van der Waals surface area contributed by atoms with Crippen LogP contribution in [-0.2, 0) is 19.7 Å². The molecule has 4 nitrogen and oxygen atoms in total. The van der Waals surface area contributed by atoms with E-state index in [1.54, 1.807) is 0 Å². The van der Waals surface area contributed by atoms with Crippen LogP contribution in [0.5, 0.6) is 0 Å². The van der Waals surface area contributed by atoms with Crippen LogP contribution in [-0.4, -0.2) is 34.2 Å². The molecule has 0 spiro atoms. The molecule has 0 aromatic heterocycles. The van der Waals surface area contributed by atoms with E-state index in [4.69, 9.17) is 17.0 Å². The molecule has 1 aromatic carbocycles. The Morgan fingerprint density at radius 2 is 1.92 bits per heavy atom. The van der Waals surface area contributed by atoms with Gasteiger partial charge in [0, 0.05) is 0 Å². The summed E-state index contributed by atoms with van der Waals surface area (Å²) in [5.41, 5.74) is 2.25. The van der Waals surface area contributed by atoms with Crippen LogP contribution in [0, 0.1) is 0 Å². The van der Waals surface area contributed by atoms with Gasteiger partial charge in [-0.25, -0.2) is 0 Å². The Balaban J connectivity index is 2.10. The molecule has 0 bridgehead atoms. The smallest absolute Gasteiger partial charge is 0.326 e. The van der Waals surface area contributed by atoms with Gasteiger partial charge in [0.15, 0.2) is 0 Å². The fraction of sp³-hybridized carbons (Fsp3) is 0.421. The van der Waals surface area contributed by atoms with Gasteiger partial charge in [-0.15, -0.1) is 0 Å². The van der Waals surface area contributed by atoms with Crippen LogP contribution in [0.3, 0.4) is 0 Å². The summed E-state index contributed by atoms with van der Waals surface area (Å²) in [7, 11) is 0. The number of carbonyl (C=O) groups excluding carboxylic acids is 2. The van der Waals surface area contributed by atoms with E-state index in [9.17, 15) is 9.59 Å². The first kappa shape index (κ1) is 19.7. The zero-order valence-electron chi connectivity index (χ0n) is 15.0. The van der Waals surface area contributed by atoms with Crippen molar-refractivity contribution in [3.8, 4) is 0 Å². The molecule has 1 heterocycles. The lowest BCUT2D eigenvalue weighted by Gasteiger charge is -2.18. The van der Waals surface area contributed by atoms with Crippen molar-refractivity contribution in [1.82, 2.24) is 4.90 Å². The third-order valence-corrected chi connectivity index (χ3v) is 5.08. The predicted octanol–water partition coefficient (Wildman–Crippen LogP) is 4.14. The summed E-state index contributed by atoms with van der Waals surface area (Å²) in [5.74, 6) is -0.683. The Morgan fingerprint density at radius 1 is 1.28 bits per heavy atom. The molecule has 1 fully saturated rings. The minimum Gasteiger partial charge on any atom is -0.464 e. The normalized spacial score (nSPS) is 16.6. The number of esters is 1. The van der Waals surface area contributed by atoms with Crippen LogP contribution >= 0.6 is 24.0 Å². The molecule has 1 aliphatic heterocycles. The lowest BCUT2D eigenvalue weighted by Crippen LogP contribution is -2.34. The van der Waals surface area contributed by atoms with Crippen LogP contribution in [0.4, 0.5) is 0 Å². The van der Waals surface area contributed by atoms with Gasteiger partial charge in [-0.05, 0) is 29.0 Å². The number of amides is 1. The highest BCUT2D eigenvalue weighted by Gasteiger charge is 2.33. The number of thioether (sulfide) groups is 1. The molecule has 1 aliphatic rings. The quantitative estimate of drug-likeness (QED) is 0.438. The lowest BCUT2D eigenvalue weighted by molar-refractivity contribution is -0.146. The van der Waals surface area contributed by atoms with Crippen LogP contribution in [0.2, 0.25) is 0 Å². The van der Waals surface area contributed by atoms with E-state index in [2.05, 4.69) is 32.9 Å². The lowest BCUT2D eigenvalue weighted by atomic mass is 9.87. The predicted molar refractivity (Wildman–Crippen MR) is 106 cm³/mol. The first-order chi connectivity index (χ1) is 11.7. The van der Waals surface area contributed by atoms with E-state index in [0.717, 1.165) is 12.0 Å². The van der Waals surface area contributed by atoms with Crippen LogP contribution < -0.4 is 0 Å². The summed E-state index contributed by atoms with van der Waals surface area (Å²) in [6, 6.07) is 8.11. The summed E-state index contributed by atoms with van der Waals surface area (Å²) < 4.78 is 5.41. The molecule has 0 atom stereocenters. The molecule has 134 valence electrons. The van der Waals surface area contributed by atoms with Gasteiger partial charge >= 0.3 is 5.97 Å². The molecule has 1 saturated heterocycles. The second-order valence-electron chi connectivity index (χ2n) is 6.86. The Kier molecular flexibility index (Phi) is 6.41. The Labute approximate surface area is 158 Å². The molecule has 0 N–H and O–H groups in total. The van der Waals surface area contributed by atoms with Crippen molar-refractivity contribution in [2.45, 2.75) is 39.5 Å². The van der Waals surface area contributed by atoms with Crippen molar-refractivity contribution in [3.05, 3.63) is 40.3 Å². The number of carbonyl (C=O) groups is 2. The molecule has 0 saturated carbocycles. The largest absolute Gasteiger partial charge is 0.464 e. The van der Waals surface area contributed by atoms with Gasteiger partial charge in [0.2, 0.25) is 0 Å². The van der Waals surface area contributed by atoms with Crippen molar-refractivity contribution < 1.29 is 14.3 Å². The highest BCUT2D eigenvalue weighted by Crippen LogP contribution is 2.32. The number of rotatable bonds is 5. The maximum absolute atomic E-state index is 12.5. The van der Waals surface area contributed by atoms with Gasteiger partial charge in [0.1, 0.15) is 10.9 Å². The standard InChI is InChI=1S/C19H23NO3S2/c1-5-10-23-16(21)12-20-17(22)15(25-18(20)24)11-13-6-8-14(9-7-13)19(2,3)4/h6-9,11H,5,10,12H2,1-4H3/b15-11+. The SMILES string of the molecule is CCCOC(=O)CN1C(=O)/C(=C\c2ccc(C(C)(C)C)cc2)SC1=S. The Morgan fingerprint density at radius 3 is 2.48 bits per heavy atom. The van der Waals surface area contributed by atoms with Gasteiger partial charge in [0.25, 0.3) is 5.91 Å². The van der Waals surface area contributed by atoms with E-state index >= 15 is 0 Å². The van der Waals surface area contributed by atoms with Gasteiger partial charge in [-0.2, -0.15) is 0 Å². The third-order valence-electron chi connectivity index (χ3n) is 3.70. The first-order valence-corrected chi connectivity index (χ1v) is 9.46. The molecule has 0 aliphatic carbocycles. The number of hydrogen-bond acceptors (Lipinski definition) is 5. The van der Waals surface area contributed by atoms with Crippen LogP contribution in [0.1, 0.15) is 45.2 Å². The van der Waals surface area contributed by atoms with E-state index in [1.165, 1.54) is 22.2 Å². The summed E-state index contributed by atoms with van der Waals surface area (Å²) in [6.07, 6.45) is 2.55. The second kappa shape index (κ2) is 8.15. The van der Waals surface area contributed by atoms with Crippen molar-refractivity contribution in [3.63, 3.8) is 0 Å². The molecule has 0 unspecified atom stereocenters. The average Bonchev–Trinajstić information content (AvgIpc) is 2.80. The Hall–Kier alpha value is -1.66. The van der Waals surface area contributed by atoms with Crippen molar-refractivity contribution >= 4 is 46.3 Å². The zero-order valence-corrected chi connectivity index (χ0v) is 16.6. The Bertz CT molecular complexity index is 702. The van der Waals surface area contributed by atoms with Crippen molar-refractivity contribution in [2.24, 2.45) is 0 Å². The third kappa shape index (κ3) is 5.16. The maximum atomic E-state index is 12.5. The van der Waals surface area contributed by atoms with Gasteiger partial charge in [0.05, 0.1) is 11.5 Å². The average molecular weight is 378 g/mol. The number of thiocarbonyl (C=S) groups is 1. The highest BCUT2D eigenvalue weighted by molar-refractivity contribution is 8.26. The van der Waals surface area contributed by atoms with E-state index < -0.39 is 5.97 Å². The van der Waals surface area contributed by atoms with E-state index in [1.807, 2.05) is 25.1 Å². The van der Waals surface area contributed by atoms with Crippen LogP contribution in [0.25, 0.3) is 6.08 Å². The summed E-state index contributed by atoms with van der Waals surface area (Å²) >= 11 is 6.44. The fourth-order valence-electron chi connectivity index (χ4n) is 2.26. The second-order valence-corrected chi connectivity index (χ2v) is 8.54. The number of ether oxygens (including phenoxy) is 1. The summed E-state index contributed by atoms with van der Waals surface area (Å²) in [5, 5.41) is 0. The molecular formula is C19H23NO3S2. The first-order valence-electron chi connectivity index (χ1n) is 8.24. The number of benzene rings is 1. The number of hydrogen-bond donors (Lipinski definition) is 0. The molecule has 2 rings (SSSR count). The van der Waals surface area contributed by atoms with Crippen molar-refractivity contribution in [1.29, 1.82) is 0 Å². The zero-order chi connectivity index (χ0) is 18.6. The monoisotopic (exact) mass is 377 g/mol.